The lowest BCUT2D eigenvalue weighted by Crippen LogP contribution is -1.97. The zero-order valence-corrected chi connectivity index (χ0v) is 29.3. The molecule has 0 bridgehead atoms. The second-order valence-corrected chi connectivity index (χ2v) is 14.1. The van der Waals surface area contributed by atoms with E-state index in [1.165, 1.54) is 111 Å². The highest BCUT2D eigenvalue weighted by atomic mass is 15.0. The highest BCUT2D eigenvalue weighted by Gasteiger charge is 2.18. The normalized spacial score (nSPS) is 12.1. The van der Waals surface area contributed by atoms with Crippen molar-refractivity contribution in [3.8, 4) is 11.4 Å². The van der Waals surface area contributed by atoms with Crippen LogP contribution >= 0.6 is 0 Å². The summed E-state index contributed by atoms with van der Waals surface area (Å²) in [7, 11) is 0. The lowest BCUT2D eigenvalue weighted by atomic mass is 10.0. The van der Waals surface area contributed by atoms with Gasteiger partial charge in [-0.25, -0.2) is 0 Å². The molecule has 8 rings (SSSR count). The number of fused-ring (bicyclic) bond motifs is 6. The molecule has 2 aromatic heterocycles. The highest BCUT2D eigenvalue weighted by molar-refractivity contribution is 6.13. The van der Waals surface area contributed by atoms with Crippen LogP contribution in [-0.2, 0) is 0 Å². The Morgan fingerprint density at radius 3 is 0.833 bits per heavy atom. The monoisotopic (exact) mass is 622 g/mol. The van der Waals surface area contributed by atoms with Gasteiger partial charge in [-0.15, -0.1) is 0 Å². The molecule has 0 aliphatic rings. The molecule has 0 saturated carbocycles. The first-order valence-corrected chi connectivity index (χ1v) is 17.0. The first-order valence-electron chi connectivity index (χ1n) is 17.0. The first kappa shape index (κ1) is 30.0. The maximum atomic E-state index is 2.46. The van der Waals surface area contributed by atoms with Gasteiger partial charge in [0.15, 0.2) is 0 Å². The van der Waals surface area contributed by atoms with Crippen molar-refractivity contribution in [3.63, 3.8) is 0 Å². The molecule has 0 amide bonds. The van der Waals surface area contributed by atoms with Crippen LogP contribution in [0, 0.1) is 55.4 Å². The van der Waals surface area contributed by atoms with Gasteiger partial charge in [0.1, 0.15) is 0 Å². The van der Waals surface area contributed by atoms with Gasteiger partial charge in [0.25, 0.3) is 0 Å². The van der Waals surface area contributed by atoms with Crippen LogP contribution < -0.4 is 0 Å². The lowest BCUT2D eigenvalue weighted by Gasteiger charge is -2.12. The van der Waals surface area contributed by atoms with Crippen LogP contribution in [0.15, 0.2) is 97.1 Å². The molecular weight excluding hydrogens is 581 g/mol. The number of hydrogen-bond donors (Lipinski definition) is 0. The fraction of sp³-hybridized carbons (Fsp3) is 0.174. The van der Waals surface area contributed by atoms with Gasteiger partial charge in [0.2, 0.25) is 0 Å². The van der Waals surface area contributed by atoms with E-state index in [1.54, 1.807) is 0 Å². The molecule has 48 heavy (non-hydrogen) atoms. The average Bonchev–Trinajstić information content (AvgIpc) is 3.54. The van der Waals surface area contributed by atoms with E-state index in [2.05, 4.69) is 174 Å². The Bertz CT molecular complexity index is 2290. The summed E-state index contributed by atoms with van der Waals surface area (Å²) in [5.41, 5.74) is 20.4. The fourth-order valence-electron chi connectivity index (χ4n) is 8.25. The van der Waals surface area contributed by atoms with Crippen LogP contribution in [0.2, 0.25) is 0 Å². The highest BCUT2D eigenvalue weighted by Crippen LogP contribution is 2.38. The molecule has 236 valence electrons. The van der Waals surface area contributed by atoms with Gasteiger partial charge in [-0.2, -0.15) is 0 Å². The van der Waals surface area contributed by atoms with E-state index in [0.717, 1.165) is 0 Å². The lowest BCUT2D eigenvalue weighted by molar-refractivity contribution is 1.15. The minimum absolute atomic E-state index is 1.18. The molecule has 6 aromatic carbocycles. The third-order valence-electron chi connectivity index (χ3n) is 10.0. The van der Waals surface area contributed by atoms with Crippen LogP contribution in [0.25, 0.3) is 67.1 Å². The summed E-state index contributed by atoms with van der Waals surface area (Å²) in [6.45, 7) is 17.7. The molecule has 0 radical (unpaired) electrons. The van der Waals surface area contributed by atoms with Gasteiger partial charge in [0, 0.05) is 32.9 Å². The number of rotatable bonds is 4. The van der Waals surface area contributed by atoms with Crippen LogP contribution in [0.4, 0.5) is 0 Å². The number of aryl methyl sites for hydroxylation is 8. The topological polar surface area (TPSA) is 9.86 Å². The Morgan fingerprint density at radius 2 is 0.583 bits per heavy atom. The quantitative estimate of drug-likeness (QED) is 0.173. The summed E-state index contributed by atoms with van der Waals surface area (Å²) in [6.07, 6.45) is 4.43. The molecule has 0 unspecified atom stereocenters. The predicted molar refractivity (Wildman–Crippen MR) is 208 cm³/mol. The van der Waals surface area contributed by atoms with Crippen molar-refractivity contribution in [3.05, 3.63) is 153 Å². The number of benzene rings is 6. The fourth-order valence-corrected chi connectivity index (χ4v) is 8.25. The standard InChI is InChI=1S/C46H42N2/c1-27-19-31(5)43-39(23-27)40-24-28(2)20-32(6)44(40)47(43)37-15-11-35(12-16-37)9-10-36-13-17-38(18-14-36)48-45-33(7)21-29(3)25-41(45)42-26-30(4)22-34(8)46(42)48/h9-26H,1-8H3/b10-9+. The summed E-state index contributed by atoms with van der Waals surface area (Å²) < 4.78 is 4.92. The van der Waals surface area contributed by atoms with E-state index < -0.39 is 0 Å². The van der Waals surface area contributed by atoms with Crippen molar-refractivity contribution < 1.29 is 0 Å². The summed E-state index contributed by atoms with van der Waals surface area (Å²) in [5.74, 6) is 0. The minimum Gasteiger partial charge on any atom is -0.309 e. The molecule has 0 atom stereocenters. The Balaban J connectivity index is 1.15. The van der Waals surface area contributed by atoms with Crippen LogP contribution in [0.1, 0.15) is 55.6 Å². The molecule has 0 saturated heterocycles. The zero-order valence-electron chi connectivity index (χ0n) is 29.3. The summed E-state index contributed by atoms with van der Waals surface area (Å²) in [5, 5.41) is 5.33. The van der Waals surface area contributed by atoms with Crippen molar-refractivity contribution in [1.29, 1.82) is 0 Å². The minimum atomic E-state index is 1.18. The summed E-state index contributed by atoms with van der Waals surface area (Å²) in [4.78, 5) is 0. The molecule has 2 heterocycles. The SMILES string of the molecule is Cc1cc(C)c2c(c1)c1cc(C)cc(C)c1n2-c1ccc(/C=C/c2ccc(-n3c4c(C)cc(C)cc4c4cc(C)cc(C)c43)cc2)cc1. The summed E-state index contributed by atoms with van der Waals surface area (Å²) in [6, 6.07) is 36.5. The first-order chi connectivity index (χ1) is 23.1. The molecule has 2 heteroatoms. The summed E-state index contributed by atoms with van der Waals surface area (Å²) >= 11 is 0. The van der Waals surface area contributed by atoms with E-state index in [0.29, 0.717) is 0 Å². The zero-order chi connectivity index (χ0) is 33.4. The van der Waals surface area contributed by atoms with E-state index in [4.69, 9.17) is 0 Å². The van der Waals surface area contributed by atoms with Gasteiger partial charge in [-0.3, -0.25) is 0 Å². The molecule has 8 aromatic rings. The number of hydrogen-bond acceptors (Lipinski definition) is 0. The molecule has 0 N–H and O–H groups in total. The van der Waals surface area contributed by atoms with Crippen LogP contribution in [0.5, 0.6) is 0 Å². The maximum Gasteiger partial charge on any atom is 0.0570 e. The number of nitrogens with zero attached hydrogens (tertiary/aromatic N) is 2. The molecule has 0 aliphatic heterocycles. The molecule has 0 aliphatic carbocycles. The number of aromatic nitrogens is 2. The Kier molecular flexibility index (Phi) is 6.96. The van der Waals surface area contributed by atoms with Crippen molar-refractivity contribution in [2.45, 2.75) is 55.4 Å². The molecular formula is C46H42N2. The maximum absolute atomic E-state index is 2.46. The van der Waals surface area contributed by atoms with E-state index in [-0.39, 0.29) is 0 Å². The van der Waals surface area contributed by atoms with Crippen molar-refractivity contribution in [2.75, 3.05) is 0 Å². The van der Waals surface area contributed by atoms with Gasteiger partial charge in [-0.1, -0.05) is 82.9 Å². The van der Waals surface area contributed by atoms with Gasteiger partial charge in [-0.05, 0) is 137 Å². The second kappa shape index (κ2) is 11.1. The predicted octanol–water partition coefficient (Wildman–Crippen LogP) is 12.5. The largest absolute Gasteiger partial charge is 0.309 e. The smallest absolute Gasteiger partial charge is 0.0570 e. The Labute approximate surface area is 283 Å². The van der Waals surface area contributed by atoms with E-state index >= 15 is 0 Å². The van der Waals surface area contributed by atoms with Gasteiger partial charge in [0.05, 0.1) is 22.1 Å². The van der Waals surface area contributed by atoms with Crippen LogP contribution in [0.3, 0.4) is 0 Å². The molecule has 2 nitrogen and oxygen atoms in total. The van der Waals surface area contributed by atoms with Crippen molar-refractivity contribution >= 4 is 55.8 Å². The second-order valence-electron chi connectivity index (χ2n) is 14.1. The average molecular weight is 623 g/mol. The van der Waals surface area contributed by atoms with E-state index in [9.17, 15) is 0 Å². The van der Waals surface area contributed by atoms with Gasteiger partial charge < -0.3 is 9.13 Å². The Morgan fingerprint density at radius 1 is 0.333 bits per heavy atom. The third-order valence-corrected chi connectivity index (χ3v) is 10.0. The van der Waals surface area contributed by atoms with Crippen molar-refractivity contribution in [2.24, 2.45) is 0 Å². The van der Waals surface area contributed by atoms with Gasteiger partial charge >= 0.3 is 0 Å². The molecule has 0 fully saturated rings. The Hall–Kier alpha value is -5.34. The third kappa shape index (κ3) is 4.78. The van der Waals surface area contributed by atoms with Crippen LogP contribution in [-0.4, -0.2) is 9.13 Å². The molecule has 0 spiro atoms. The van der Waals surface area contributed by atoms with E-state index in [1.807, 2.05) is 0 Å². The van der Waals surface area contributed by atoms with Crippen molar-refractivity contribution in [1.82, 2.24) is 9.13 Å².